The van der Waals surface area contributed by atoms with Gasteiger partial charge in [-0.3, -0.25) is 5.43 Å². The van der Waals surface area contributed by atoms with Gasteiger partial charge in [-0.05, 0) is 24.4 Å². The van der Waals surface area contributed by atoms with E-state index in [0.717, 1.165) is 13.3 Å². The minimum absolute atomic E-state index is 0.164. The Morgan fingerprint density at radius 1 is 1.47 bits per heavy atom. The van der Waals surface area contributed by atoms with E-state index in [-0.39, 0.29) is 16.4 Å². The maximum absolute atomic E-state index is 13.6. The van der Waals surface area contributed by atoms with Crippen LogP contribution in [0.3, 0.4) is 0 Å². The van der Waals surface area contributed by atoms with E-state index in [9.17, 15) is 17.6 Å². The fourth-order valence-electron chi connectivity index (χ4n) is 1.21. The van der Waals surface area contributed by atoms with Crippen LogP contribution in [0.1, 0.15) is 11.1 Å². The van der Waals surface area contributed by atoms with Crippen molar-refractivity contribution in [3.8, 4) is 5.75 Å². The van der Waals surface area contributed by atoms with Crippen LogP contribution in [0.25, 0.3) is 0 Å². The molecule has 0 amide bonds. The number of benzene rings is 1. The van der Waals surface area contributed by atoms with Gasteiger partial charge in [0.25, 0.3) is 0 Å². The molecule has 1 aromatic rings. The Bertz CT molecular complexity index is 516. The number of nitrogens with two attached hydrogens (primary N) is 1. The number of hydrazone groups is 1. The SMILES string of the molecule is COc1cc(C(F)(F)F)cc(F)c1C=NNC(N)=S. The lowest BCUT2D eigenvalue weighted by atomic mass is 10.1. The molecule has 0 aliphatic rings. The van der Waals surface area contributed by atoms with E-state index in [1.165, 1.54) is 0 Å². The summed E-state index contributed by atoms with van der Waals surface area (Å²) in [6.07, 6.45) is -3.74. The van der Waals surface area contributed by atoms with Crippen LogP contribution in [0.2, 0.25) is 0 Å². The number of rotatable bonds is 3. The van der Waals surface area contributed by atoms with Crippen molar-refractivity contribution in [3.05, 3.63) is 29.1 Å². The second kappa shape index (κ2) is 5.83. The molecule has 0 fully saturated rings. The molecule has 0 saturated carbocycles. The van der Waals surface area contributed by atoms with Crippen molar-refractivity contribution < 1.29 is 22.3 Å². The zero-order valence-corrected chi connectivity index (χ0v) is 10.4. The average molecular weight is 295 g/mol. The average Bonchev–Trinajstić information content (AvgIpc) is 2.28. The van der Waals surface area contributed by atoms with Gasteiger partial charge in [-0.25, -0.2) is 4.39 Å². The summed E-state index contributed by atoms with van der Waals surface area (Å²) >= 11 is 4.45. The minimum Gasteiger partial charge on any atom is -0.496 e. The lowest BCUT2D eigenvalue weighted by Gasteiger charge is -2.11. The molecule has 104 valence electrons. The van der Waals surface area contributed by atoms with Crippen molar-refractivity contribution >= 4 is 23.5 Å². The molecule has 0 saturated heterocycles. The fourth-order valence-corrected chi connectivity index (χ4v) is 1.26. The summed E-state index contributed by atoms with van der Waals surface area (Å²) in [4.78, 5) is 0. The molecule has 9 heteroatoms. The maximum Gasteiger partial charge on any atom is 0.416 e. The number of alkyl halides is 3. The van der Waals surface area contributed by atoms with E-state index in [2.05, 4.69) is 22.7 Å². The number of thiocarbonyl (C=S) groups is 1. The van der Waals surface area contributed by atoms with Crippen molar-refractivity contribution in [2.75, 3.05) is 7.11 Å². The van der Waals surface area contributed by atoms with Crippen LogP contribution in [-0.4, -0.2) is 18.4 Å². The smallest absolute Gasteiger partial charge is 0.416 e. The molecular formula is C10H9F4N3OS. The third-order valence-corrected chi connectivity index (χ3v) is 2.10. The molecule has 1 aromatic carbocycles. The molecule has 0 aliphatic carbocycles. The molecule has 3 N–H and O–H groups in total. The van der Waals surface area contributed by atoms with Crippen LogP contribution >= 0.6 is 12.2 Å². The summed E-state index contributed by atoms with van der Waals surface area (Å²) in [5.74, 6) is -1.43. The Morgan fingerprint density at radius 2 is 2.11 bits per heavy atom. The molecule has 4 nitrogen and oxygen atoms in total. The number of halogens is 4. The van der Waals surface area contributed by atoms with Gasteiger partial charge in [0.2, 0.25) is 0 Å². The van der Waals surface area contributed by atoms with E-state index in [4.69, 9.17) is 10.5 Å². The molecule has 19 heavy (non-hydrogen) atoms. The molecule has 0 unspecified atom stereocenters. The second-order valence-electron chi connectivity index (χ2n) is 3.31. The highest BCUT2D eigenvalue weighted by molar-refractivity contribution is 7.80. The van der Waals surface area contributed by atoms with Gasteiger partial charge < -0.3 is 10.5 Å². The largest absolute Gasteiger partial charge is 0.496 e. The summed E-state index contributed by atoms with van der Waals surface area (Å²) in [5.41, 5.74) is 5.83. The van der Waals surface area contributed by atoms with Gasteiger partial charge in [0, 0.05) is 0 Å². The number of nitrogens with zero attached hydrogens (tertiary/aromatic N) is 1. The summed E-state index contributed by atoms with van der Waals surface area (Å²) in [7, 11) is 1.12. The minimum atomic E-state index is -4.67. The van der Waals surface area contributed by atoms with Gasteiger partial charge in [0.15, 0.2) is 5.11 Å². The summed E-state index contributed by atoms with van der Waals surface area (Å²) in [6.45, 7) is 0. The lowest BCUT2D eigenvalue weighted by Crippen LogP contribution is -2.24. The molecule has 0 atom stereocenters. The Hall–Kier alpha value is -1.90. The molecule has 1 rings (SSSR count). The zero-order chi connectivity index (χ0) is 14.6. The Labute approximate surface area is 111 Å². The lowest BCUT2D eigenvalue weighted by molar-refractivity contribution is -0.137. The summed E-state index contributed by atoms with van der Waals surface area (Å²) in [5, 5.41) is 3.30. The highest BCUT2D eigenvalue weighted by Crippen LogP contribution is 2.34. The van der Waals surface area contributed by atoms with E-state index in [1.54, 1.807) is 0 Å². The highest BCUT2D eigenvalue weighted by Gasteiger charge is 2.32. The zero-order valence-electron chi connectivity index (χ0n) is 9.58. The summed E-state index contributed by atoms with van der Waals surface area (Å²) < 4.78 is 55.7. The molecule has 0 aromatic heterocycles. The number of hydrogen-bond acceptors (Lipinski definition) is 3. The predicted molar refractivity (Wildman–Crippen MR) is 65.5 cm³/mol. The first-order valence-corrected chi connectivity index (χ1v) is 5.19. The molecule has 0 heterocycles. The molecule has 0 radical (unpaired) electrons. The van der Waals surface area contributed by atoms with Crippen LogP contribution < -0.4 is 15.9 Å². The molecule has 0 aliphatic heterocycles. The van der Waals surface area contributed by atoms with Crippen LogP contribution in [0.4, 0.5) is 17.6 Å². The van der Waals surface area contributed by atoms with Crippen molar-refractivity contribution in [1.29, 1.82) is 0 Å². The Kier molecular flexibility index (Phi) is 4.65. The monoisotopic (exact) mass is 295 g/mol. The number of nitrogens with one attached hydrogen (secondary N) is 1. The Balaban J connectivity index is 3.19. The first-order chi connectivity index (χ1) is 8.75. The van der Waals surface area contributed by atoms with Crippen molar-refractivity contribution in [3.63, 3.8) is 0 Å². The summed E-state index contributed by atoms with van der Waals surface area (Å²) in [6, 6.07) is 1.02. The number of hydrogen-bond donors (Lipinski definition) is 2. The van der Waals surface area contributed by atoms with Crippen molar-refractivity contribution in [2.45, 2.75) is 6.18 Å². The van der Waals surface area contributed by atoms with Crippen LogP contribution in [-0.2, 0) is 6.18 Å². The first-order valence-electron chi connectivity index (χ1n) is 4.79. The maximum atomic E-state index is 13.6. The molecule has 0 bridgehead atoms. The van der Waals surface area contributed by atoms with Crippen LogP contribution in [0.5, 0.6) is 5.75 Å². The van der Waals surface area contributed by atoms with Gasteiger partial charge in [-0.2, -0.15) is 18.3 Å². The molecular weight excluding hydrogens is 286 g/mol. The Morgan fingerprint density at radius 3 is 2.58 bits per heavy atom. The van der Waals surface area contributed by atoms with Crippen LogP contribution in [0.15, 0.2) is 17.2 Å². The number of methoxy groups -OCH3 is 1. The topological polar surface area (TPSA) is 59.6 Å². The van der Waals surface area contributed by atoms with Crippen molar-refractivity contribution in [1.82, 2.24) is 5.43 Å². The van der Waals surface area contributed by atoms with E-state index in [0.29, 0.717) is 12.1 Å². The first kappa shape index (κ1) is 15.2. The standard InChI is InChI=1S/C10H9F4N3OS/c1-18-8-3-5(10(12,13)14)2-7(11)6(8)4-16-17-9(15)19/h2-4H,1H3,(H3,15,17,19). The van der Waals surface area contributed by atoms with E-state index >= 15 is 0 Å². The number of ether oxygens (including phenoxy) is 1. The second-order valence-corrected chi connectivity index (χ2v) is 3.75. The van der Waals surface area contributed by atoms with E-state index in [1.807, 2.05) is 0 Å². The highest BCUT2D eigenvalue weighted by atomic mass is 32.1. The van der Waals surface area contributed by atoms with Gasteiger partial charge >= 0.3 is 6.18 Å². The van der Waals surface area contributed by atoms with Gasteiger partial charge in [-0.15, -0.1) is 0 Å². The van der Waals surface area contributed by atoms with E-state index < -0.39 is 17.6 Å². The third-order valence-electron chi connectivity index (χ3n) is 2.01. The quantitative estimate of drug-likeness (QED) is 0.388. The fraction of sp³-hybridized carbons (Fsp3) is 0.200. The normalized spacial score (nSPS) is 11.6. The van der Waals surface area contributed by atoms with Crippen molar-refractivity contribution in [2.24, 2.45) is 10.8 Å². The van der Waals surface area contributed by atoms with Gasteiger partial charge in [0.1, 0.15) is 11.6 Å². The molecule has 0 spiro atoms. The predicted octanol–water partition coefficient (Wildman–Crippen LogP) is 2.02. The van der Waals surface area contributed by atoms with Gasteiger partial charge in [-0.1, -0.05) is 0 Å². The van der Waals surface area contributed by atoms with Crippen LogP contribution in [0, 0.1) is 5.82 Å². The van der Waals surface area contributed by atoms with Gasteiger partial charge in [0.05, 0.1) is 24.5 Å². The third kappa shape index (κ3) is 4.05.